The van der Waals surface area contributed by atoms with Gasteiger partial charge < -0.3 is 25.8 Å². The van der Waals surface area contributed by atoms with Crippen LogP contribution in [0.25, 0.3) is 5.69 Å². The van der Waals surface area contributed by atoms with Crippen molar-refractivity contribution >= 4 is 39.0 Å². The summed E-state index contributed by atoms with van der Waals surface area (Å²) in [6.45, 7) is 5.90. The lowest BCUT2D eigenvalue weighted by atomic mass is 9.75. The normalized spacial score (nSPS) is 18.0. The highest BCUT2D eigenvalue weighted by Gasteiger charge is 2.45. The summed E-state index contributed by atoms with van der Waals surface area (Å²) < 4.78 is 81.9. The van der Waals surface area contributed by atoms with Gasteiger partial charge in [0.05, 0.1) is 33.9 Å². The molecule has 2 saturated heterocycles. The van der Waals surface area contributed by atoms with Crippen molar-refractivity contribution in [2.75, 3.05) is 37.1 Å². The zero-order valence-corrected chi connectivity index (χ0v) is 28.9. The Hall–Kier alpha value is -4.07. The minimum absolute atomic E-state index is 0.0377. The second kappa shape index (κ2) is 15.0. The van der Waals surface area contributed by atoms with Crippen LogP contribution in [-0.4, -0.2) is 60.0 Å². The number of ketones is 1. The molecular weight excluding hydrogens is 731 g/mol. The molecule has 2 aliphatic heterocycles. The molecule has 6 rings (SSSR count). The van der Waals surface area contributed by atoms with Crippen molar-refractivity contribution < 1.29 is 41.0 Å². The molecule has 3 heterocycles. The van der Waals surface area contributed by atoms with E-state index in [-0.39, 0.29) is 47.6 Å². The van der Waals surface area contributed by atoms with Crippen LogP contribution in [0, 0.1) is 28.4 Å². The van der Waals surface area contributed by atoms with Crippen molar-refractivity contribution in [1.29, 1.82) is 5.26 Å². The number of halogens is 6. The van der Waals surface area contributed by atoms with Crippen molar-refractivity contribution in [3.05, 3.63) is 68.5 Å². The number of aromatic nitrogens is 2. The van der Waals surface area contributed by atoms with E-state index in [0.717, 1.165) is 23.6 Å². The van der Waals surface area contributed by atoms with Gasteiger partial charge in [0.15, 0.2) is 11.5 Å². The summed E-state index contributed by atoms with van der Waals surface area (Å²) in [4.78, 5) is 24.6. The molecule has 2 aromatic carbocycles. The Morgan fingerprint density at radius 2 is 1.56 bits per heavy atom. The summed E-state index contributed by atoms with van der Waals surface area (Å²) in [6, 6.07) is 7.29. The van der Waals surface area contributed by atoms with E-state index in [0.29, 0.717) is 49.4 Å². The number of Topliss-reactive ketones (excluding diaryl/α,β-unsaturated/α-hetero) is 1. The van der Waals surface area contributed by atoms with Crippen LogP contribution in [0.5, 0.6) is 0 Å². The molecule has 0 atom stereocenters. The SMILES string of the molecule is CC1(C)CC(=O)c2c(C(F)(F)F)nn(-c3cc(F)c(C(N)=O)c(NC4CCOCC4)c3)c2C1.N#Cc1c(F)cc(Br)cc1NC1CCOCC1. The first-order valence-corrected chi connectivity index (χ1v) is 16.8. The molecule has 0 bridgehead atoms. The minimum atomic E-state index is -4.86. The number of anilines is 2. The third-order valence-corrected chi connectivity index (χ3v) is 9.17. The lowest BCUT2D eigenvalue weighted by molar-refractivity contribution is -0.141. The summed E-state index contributed by atoms with van der Waals surface area (Å²) in [6.07, 6.45) is -1.83. The maximum absolute atomic E-state index is 15.0. The fourth-order valence-corrected chi connectivity index (χ4v) is 6.79. The summed E-state index contributed by atoms with van der Waals surface area (Å²) >= 11 is 3.23. The van der Waals surface area contributed by atoms with Crippen molar-refractivity contribution in [1.82, 2.24) is 9.78 Å². The molecule has 268 valence electrons. The van der Waals surface area contributed by atoms with Gasteiger partial charge in [-0.1, -0.05) is 29.8 Å². The average Bonchev–Trinajstić information content (AvgIpc) is 3.41. The minimum Gasteiger partial charge on any atom is -0.381 e. The van der Waals surface area contributed by atoms with E-state index in [1.54, 1.807) is 19.9 Å². The zero-order chi connectivity index (χ0) is 36.4. The van der Waals surface area contributed by atoms with Crippen molar-refractivity contribution in [3.63, 3.8) is 0 Å². The second-order valence-electron chi connectivity index (χ2n) is 13.2. The number of nitrogens with two attached hydrogens (primary N) is 1. The topological polar surface area (TPSA) is 144 Å². The number of fused-ring (bicyclic) bond motifs is 1. The van der Waals surface area contributed by atoms with E-state index in [2.05, 4.69) is 31.7 Å². The number of nitrogens with zero attached hydrogens (tertiary/aromatic N) is 3. The fraction of sp³-hybridized carbons (Fsp3) is 0.471. The van der Waals surface area contributed by atoms with Crippen LogP contribution in [0.3, 0.4) is 0 Å². The molecule has 0 spiro atoms. The van der Waals surface area contributed by atoms with Crippen LogP contribution in [-0.2, 0) is 22.1 Å². The predicted molar refractivity (Wildman–Crippen MR) is 177 cm³/mol. The van der Waals surface area contributed by atoms with Crippen LogP contribution in [0.15, 0.2) is 28.7 Å². The average molecular weight is 768 g/mol. The summed E-state index contributed by atoms with van der Waals surface area (Å²) in [5.74, 6) is -3.16. The molecule has 3 aromatic rings. The third-order valence-electron chi connectivity index (χ3n) is 8.71. The number of nitriles is 1. The maximum Gasteiger partial charge on any atom is 0.435 e. The van der Waals surface area contributed by atoms with Crippen LogP contribution < -0.4 is 16.4 Å². The van der Waals surface area contributed by atoms with E-state index >= 15 is 4.39 Å². The van der Waals surface area contributed by atoms with Gasteiger partial charge in [-0.05, 0) is 55.7 Å². The number of benzene rings is 2. The molecule has 3 aliphatic rings. The molecule has 0 saturated carbocycles. The van der Waals surface area contributed by atoms with Crippen molar-refractivity contribution in [2.45, 2.75) is 70.6 Å². The summed E-state index contributed by atoms with van der Waals surface area (Å²) in [5, 5.41) is 18.9. The van der Waals surface area contributed by atoms with Crippen LogP contribution >= 0.6 is 15.9 Å². The molecule has 0 unspecified atom stereocenters. The third kappa shape index (κ3) is 8.44. The molecule has 50 heavy (non-hydrogen) atoms. The Kier molecular flexibility index (Phi) is 11.2. The first kappa shape index (κ1) is 37.2. The van der Waals surface area contributed by atoms with Gasteiger partial charge >= 0.3 is 6.18 Å². The number of carbonyl (C=O) groups is 2. The number of ether oxygens (including phenoxy) is 2. The number of rotatable bonds is 6. The standard InChI is InChI=1S/C22H24F4N4O3.C12H12BrFN2O/c1-21(2)9-15-18(16(31)10-21)19(22(24,25)26)29-30(15)12-7-13(23)17(20(27)32)14(8-12)28-11-3-5-33-6-4-11;13-8-5-11(14)10(7-15)12(6-8)16-9-1-3-17-4-2-9/h7-8,11,28H,3-6,9-10H2,1-2H3,(H2,27,32);5-6,9,16H,1-4H2. The van der Waals surface area contributed by atoms with E-state index in [4.69, 9.17) is 20.5 Å². The molecule has 16 heteroatoms. The van der Waals surface area contributed by atoms with Crippen LogP contribution in [0.1, 0.15) is 83.6 Å². The highest BCUT2D eigenvalue weighted by atomic mass is 79.9. The number of amides is 1. The monoisotopic (exact) mass is 766 g/mol. The molecule has 1 aliphatic carbocycles. The van der Waals surface area contributed by atoms with Gasteiger partial charge in [0.1, 0.15) is 23.3 Å². The summed E-state index contributed by atoms with van der Waals surface area (Å²) in [7, 11) is 0. The van der Waals surface area contributed by atoms with Gasteiger partial charge in [0.2, 0.25) is 0 Å². The van der Waals surface area contributed by atoms with Gasteiger partial charge in [0.25, 0.3) is 5.91 Å². The number of alkyl halides is 3. The van der Waals surface area contributed by atoms with Crippen molar-refractivity contribution in [3.8, 4) is 11.8 Å². The molecule has 1 amide bonds. The molecular formula is C34H36BrF5N6O4. The van der Waals surface area contributed by atoms with E-state index in [9.17, 15) is 27.2 Å². The van der Waals surface area contributed by atoms with E-state index < -0.39 is 51.7 Å². The molecule has 1 aromatic heterocycles. The lowest BCUT2D eigenvalue weighted by Gasteiger charge is -2.29. The zero-order valence-electron chi connectivity index (χ0n) is 27.4. The molecule has 4 N–H and O–H groups in total. The number of hydrogen-bond donors (Lipinski definition) is 3. The highest BCUT2D eigenvalue weighted by molar-refractivity contribution is 9.10. The Morgan fingerprint density at radius 3 is 2.10 bits per heavy atom. The smallest absolute Gasteiger partial charge is 0.381 e. The number of hydrogen-bond acceptors (Lipinski definition) is 8. The van der Waals surface area contributed by atoms with E-state index in [1.165, 1.54) is 12.1 Å². The van der Waals surface area contributed by atoms with Gasteiger partial charge in [-0.2, -0.15) is 23.5 Å². The highest BCUT2D eigenvalue weighted by Crippen LogP contribution is 2.42. The van der Waals surface area contributed by atoms with Crippen LogP contribution in [0.4, 0.5) is 33.3 Å². The number of nitrogens with one attached hydrogen (secondary N) is 2. The maximum atomic E-state index is 15.0. The predicted octanol–water partition coefficient (Wildman–Crippen LogP) is 6.93. The van der Waals surface area contributed by atoms with Gasteiger partial charge in [-0.3, -0.25) is 9.59 Å². The Bertz CT molecular complexity index is 1810. The van der Waals surface area contributed by atoms with Crippen molar-refractivity contribution in [2.24, 2.45) is 11.1 Å². The second-order valence-corrected chi connectivity index (χ2v) is 14.1. The van der Waals surface area contributed by atoms with Crippen LogP contribution in [0.2, 0.25) is 0 Å². The number of carbonyl (C=O) groups excluding carboxylic acids is 2. The Balaban J connectivity index is 0.000000240. The first-order valence-electron chi connectivity index (χ1n) is 16.0. The number of primary amides is 1. The Labute approximate surface area is 293 Å². The quantitative estimate of drug-likeness (QED) is 0.229. The lowest BCUT2D eigenvalue weighted by Crippen LogP contribution is -2.30. The largest absolute Gasteiger partial charge is 0.435 e. The van der Waals surface area contributed by atoms with E-state index in [1.807, 2.05) is 6.07 Å². The Morgan fingerprint density at radius 1 is 0.980 bits per heavy atom. The van der Waals surface area contributed by atoms with Gasteiger partial charge in [-0.25, -0.2) is 13.5 Å². The molecule has 10 nitrogen and oxygen atoms in total. The first-order chi connectivity index (χ1) is 23.6. The molecule has 2 fully saturated rings. The fourth-order valence-electron chi connectivity index (χ4n) is 6.36. The molecule has 0 radical (unpaired) electrons. The van der Waals surface area contributed by atoms with Gasteiger partial charge in [-0.15, -0.1) is 0 Å². The summed E-state index contributed by atoms with van der Waals surface area (Å²) in [5.41, 5.74) is 3.31. The van der Waals surface area contributed by atoms with Gasteiger partial charge in [0, 0.05) is 55.5 Å².